The lowest BCUT2D eigenvalue weighted by atomic mass is 10.2. The van der Waals surface area contributed by atoms with E-state index in [1.807, 2.05) is 13.8 Å². The van der Waals surface area contributed by atoms with Gasteiger partial charge in [0.2, 0.25) is 5.91 Å². The summed E-state index contributed by atoms with van der Waals surface area (Å²) in [5, 5.41) is 11.1. The van der Waals surface area contributed by atoms with Gasteiger partial charge in [-0.15, -0.1) is 0 Å². The molecular formula is C10H20N2O4. The number of hydrogen-bond donors (Lipinski definition) is 3. The van der Waals surface area contributed by atoms with E-state index in [0.29, 0.717) is 19.6 Å². The van der Waals surface area contributed by atoms with Gasteiger partial charge in [-0.3, -0.25) is 9.59 Å². The standard InChI is InChI=1S/C10H20N2O4/c1-3-16-5-4-7(2)12-10(15)8(11)6-9(13)14/h7-8H,3-6,11H2,1-2H3,(H,12,15)(H,13,14)/t7-,8+/m0/s1. The number of aliphatic carboxylic acids is 1. The van der Waals surface area contributed by atoms with Gasteiger partial charge in [-0.25, -0.2) is 0 Å². The molecule has 94 valence electrons. The molecule has 6 heteroatoms. The van der Waals surface area contributed by atoms with Crippen LogP contribution in [0.1, 0.15) is 26.7 Å². The van der Waals surface area contributed by atoms with Crippen LogP contribution < -0.4 is 11.1 Å². The molecule has 0 rings (SSSR count). The third-order valence-corrected chi connectivity index (χ3v) is 2.02. The fourth-order valence-electron chi connectivity index (χ4n) is 1.11. The summed E-state index contributed by atoms with van der Waals surface area (Å²) in [4.78, 5) is 21.7. The minimum atomic E-state index is -1.08. The van der Waals surface area contributed by atoms with Gasteiger partial charge in [0.15, 0.2) is 0 Å². The number of carbonyl (C=O) groups is 2. The highest BCUT2D eigenvalue weighted by Crippen LogP contribution is 1.95. The molecule has 6 nitrogen and oxygen atoms in total. The SMILES string of the molecule is CCOCC[C@H](C)NC(=O)[C@H](N)CC(=O)O. The van der Waals surface area contributed by atoms with Gasteiger partial charge in [0.05, 0.1) is 12.5 Å². The Morgan fingerprint density at radius 3 is 2.62 bits per heavy atom. The Balaban J connectivity index is 3.80. The predicted molar refractivity (Wildman–Crippen MR) is 58.9 cm³/mol. The van der Waals surface area contributed by atoms with Gasteiger partial charge in [-0.1, -0.05) is 0 Å². The average molecular weight is 232 g/mol. The Labute approximate surface area is 95.1 Å². The molecule has 0 radical (unpaired) electrons. The van der Waals surface area contributed by atoms with Gasteiger partial charge < -0.3 is 20.9 Å². The largest absolute Gasteiger partial charge is 0.481 e. The Kier molecular flexibility index (Phi) is 7.49. The first-order valence-electron chi connectivity index (χ1n) is 5.32. The van der Waals surface area contributed by atoms with E-state index in [1.165, 1.54) is 0 Å². The number of carboxylic acids is 1. The molecular weight excluding hydrogens is 212 g/mol. The number of nitrogens with one attached hydrogen (secondary N) is 1. The smallest absolute Gasteiger partial charge is 0.305 e. The Morgan fingerprint density at radius 1 is 1.50 bits per heavy atom. The topological polar surface area (TPSA) is 102 Å². The number of carbonyl (C=O) groups excluding carboxylic acids is 1. The lowest BCUT2D eigenvalue weighted by molar-refractivity contribution is -0.139. The van der Waals surface area contributed by atoms with Gasteiger partial charge in [0, 0.05) is 19.3 Å². The molecule has 0 aliphatic heterocycles. The normalized spacial score (nSPS) is 14.2. The first-order chi connectivity index (χ1) is 7.47. The summed E-state index contributed by atoms with van der Waals surface area (Å²) in [6, 6.07) is -1.06. The van der Waals surface area contributed by atoms with Crippen LogP contribution in [-0.4, -0.2) is 42.3 Å². The van der Waals surface area contributed by atoms with E-state index < -0.39 is 17.9 Å². The van der Waals surface area contributed by atoms with Crippen LogP contribution in [0.2, 0.25) is 0 Å². The molecule has 0 aromatic rings. The summed E-state index contributed by atoms with van der Waals surface area (Å²) in [5.41, 5.74) is 5.40. The molecule has 1 amide bonds. The Bertz CT molecular complexity index is 233. The molecule has 0 heterocycles. The third-order valence-electron chi connectivity index (χ3n) is 2.02. The number of hydrogen-bond acceptors (Lipinski definition) is 4. The molecule has 0 fully saturated rings. The molecule has 0 saturated heterocycles. The van der Waals surface area contributed by atoms with Gasteiger partial charge in [-0.2, -0.15) is 0 Å². The average Bonchev–Trinajstić information content (AvgIpc) is 2.16. The zero-order chi connectivity index (χ0) is 12.6. The molecule has 2 atom stereocenters. The lowest BCUT2D eigenvalue weighted by Crippen LogP contribution is -2.45. The Morgan fingerprint density at radius 2 is 2.12 bits per heavy atom. The summed E-state index contributed by atoms with van der Waals surface area (Å²) >= 11 is 0. The van der Waals surface area contributed by atoms with Crippen LogP contribution in [0.25, 0.3) is 0 Å². The van der Waals surface area contributed by atoms with Gasteiger partial charge in [0.1, 0.15) is 0 Å². The second-order valence-corrected chi connectivity index (χ2v) is 3.60. The van der Waals surface area contributed by atoms with E-state index in [0.717, 1.165) is 0 Å². The van der Waals surface area contributed by atoms with Crippen molar-refractivity contribution in [3.05, 3.63) is 0 Å². The molecule has 0 spiro atoms. The van der Waals surface area contributed by atoms with E-state index in [4.69, 9.17) is 15.6 Å². The minimum absolute atomic E-state index is 0.0705. The van der Waals surface area contributed by atoms with Crippen molar-refractivity contribution in [3.63, 3.8) is 0 Å². The van der Waals surface area contributed by atoms with E-state index in [2.05, 4.69) is 5.32 Å². The van der Waals surface area contributed by atoms with E-state index in [9.17, 15) is 9.59 Å². The van der Waals surface area contributed by atoms with Crippen LogP contribution in [0.5, 0.6) is 0 Å². The number of rotatable bonds is 8. The highest BCUT2D eigenvalue weighted by molar-refractivity contribution is 5.86. The first-order valence-corrected chi connectivity index (χ1v) is 5.32. The number of carboxylic acid groups (broad SMARTS) is 1. The quantitative estimate of drug-likeness (QED) is 0.499. The number of amides is 1. The second-order valence-electron chi connectivity index (χ2n) is 3.60. The van der Waals surface area contributed by atoms with Crippen LogP contribution in [0, 0.1) is 0 Å². The zero-order valence-corrected chi connectivity index (χ0v) is 9.73. The van der Waals surface area contributed by atoms with Crippen molar-refractivity contribution < 1.29 is 19.4 Å². The summed E-state index contributed by atoms with van der Waals surface area (Å²) in [7, 11) is 0. The molecule has 0 aromatic carbocycles. The van der Waals surface area contributed by atoms with E-state index in [1.54, 1.807) is 0 Å². The zero-order valence-electron chi connectivity index (χ0n) is 9.73. The second kappa shape index (κ2) is 8.06. The minimum Gasteiger partial charge on any atom is -0.481 e. The van der Waals surface area contributed by atoms with Crippen molar-refractivity contribution in [3.8, 4) is 0 Å². The van der Waals surface area contributed by atoms with E-state index >= 15 is 0 Å². The number of nitrogens with two attached hydrogens (primary N) is 1. The molecule has 0 aliphatic rings. The predicted octanol–water partition coefficient (Wildman–Crippen LogP) is -0.280. The third kappa shape index (κ3) is 7.19. The van der Waals surface area contributed by atoms with Gasteiger partial charge >= 0.3 is 5.97 Å². The Hall–Kier alpha value is -1.14. The van der Waals surface area contributed by atoms with Crippen molar-refractivity contribution in [1.82, 2.24) is 5.32 Å². The highest BCUT2D eigenvalue weighted by Gasteiger charge is 2.18. The molecule has 0 bridgehead atoms. The maximum absolute atomic E-state index is 11.4. The van der Waals surface area contributed by atoms with Crippen LogP contribution in [-0.2, 0) is 14.3 Å². The van der Waals surface area contributed by atoms with Crippen LogP contribution in [0.15, 0.2) is 0 Å². The summed E-state index contributed by atoms with van der Waals surface area (Å²) < 4.78 is 5.13. The molecule has 16 heavy (non-hydrogen) atoms. The molecule has 0 unspecified atom stereocenters. The summed E-state index contributed by atoms with van der Waals surface area (Å²) in [6.45, 7) is 4.92. The fourth-order valence-corrected chi connectivity index (χ4v) is 1.11. The van der Waals surface area contributed by atoms with Crippen molar-refractivity contribution in [2.45, 2.75) is 38.8 Å². The van der Waals surface area contributed by atoms with Crippen molar-refractivity contribution in [2.24, 2.45) is 5.73 Å². The van der Waals surface area contributed by atoms with Crippen LogP contribution in [0.3, 0.4) is 0 Å². The maximum Gasteiger partial charge on any atom is 0.305 e. The summed E-state index contributed by atoms with van der Waals surface area (Å²) in [6.07, 6.45) is 0.323. The highest BCUT2D eigenvalue weighted by atomic mass is 16.5. The lowest BCUT2D eigenvalue weighted by Gasteiger charge is -2.16. The van der Waals surface area contributed by atoms with Crippen molar-refractivity contribution >= 4 is 11.9 Å². The van der Waals surface area contributed by atoms with Gasteiger partial charge in [-0.05, 0) is 20.3 Å². The molecule has 0 aromatic heterocycles. The van der Waals surface area contributed by atoms with Crippen LogP contribution in [0.4, 0.5) is 0 Å². The molecule has 0 aliphatic carbocycles. The summed E-state index contributed by atoms with van der Waals surface area (Å²) in [5.74, 6) is -1.52. The van der Waals surface area contributed by atoms with Gasteiger partial charge in [0.25, 0.3) is 0 Å². The molecule has 4 N–H and O–H groups in total. The monoisotopic (exact) mass is 232 g/mol. The first kappa shape index (κ1) is 14.9. The van der Waals surface area contributed by atoms with Crippen molar-refractivity contribution in [2.75, 3.05) is 13.2 Å². The maximum atomic E-state index is 11.4. The molecule has 0 saturated carbocycles. The van der Waals surface area contributed by atoms with Crippen LogP contribution >= 0.6 is 0 Å². The van der Waals surface area contributed by atoms with E-state index in [-0.39, 0.29) is 12.5 Å². The fraction of sp³-hybridized carbons (Fsp3) is 0.800. The number of ether oxygens (including phenoxy) is 1. The van der Waals surface area contributed by atoms with Crippen molar-refractivity contribution in [1.29, 1.82) is 0 Å².